The van der Waals surface area contributed by atoms with Crippen LogP contribution in [-0.2, 0) is 10.8 Å². The molecule has 2 nitrogen and oxygen atoms in total. The topological polar surface area (TPSA) is 29.1 Å². The van der Waals surface area contributed by atoms with Crippen molar-refractivity contribution >= 4 is 10.8 Å². The molecule has 0 saturated heterocycles. The minimum Gasteiger partial charge on any atom is -0.306 e. The van der Waals surface area contributed by atoms with Crippen molar-refractivity contribution in [2.45, 2.75) is 31.8 Å². The minimum atomic E-state index is -0.787. The zero-order valence-corrected chi connectivity index (χ0v) is 11.7. The molecule has 100 valence electrons. The molecular weight excluding hydrogens is 249 g/mol. The largest absolute Gasteiger partial charge is 0.306 e. The van der Waals surface area contributed by atoms with Gasteiger partial charge in [0.25, 0.3) is 0 Å². The average Bonchev–Trinajstić information content (AvgIpc) is 3.10. The summed E-state index contributed by atoms with van der Waals surface area (Å²) in [6, 6.07) is 7.20. The van der Waals surface area contributed by atoms with E-state index in [0.717, 1.165) is 5.56 Å². The SMILES string of the molecule is CC(CS(C)=O)NC(c1ccc(F)cc1)C1CC1. The predicted molar refractivity (Wildman–Crippen MR) is 73.4 cm³/mol. The molecule has 0 spiro atoms. The Morgan fingerprint density at radius 3 is 2.50 bits per heavy atom. The van der Waals surface area contributed by atoms with Gasteiger partial charge in [0, 0.05) is 34.9 Å². The molecule has 2 rings (SSSR count). The second-order valence-electron chi connectivity index (χ2n) is 5.17. The number of rotatable bonds is 6. The summed E-state index contributed by atoms with van der Waals surface area (Å²) in [6.45, 7) is 2.06. The molecule has 18 heavy (non-hydrogen) atoms. The van der Waals surface area contributed by atoms with Gasteiger partial charge in [-0.15, -0.1) is 0 Å². The standard InChI is InChI=1S/C14H20FNOS/c1-10(9-18(2)17)16-14(11-3-4-11)12-5-7-13(15)8-6-12/h5-8,10-11,14,16H,3-4,9H2,1-2H3. The Kier molecular flexibility index (Phi) is 4.51. The highest BCUT2D eigenvalue weighted by atomic mass is 32.2. The third-order valence-electron chi connectivity index (χ3n) is 3.27. The van der Waals surface area contributed by atoms with Gasteiger partial charge in [-0.25, -0.2) is 4.39 Å². The summed E-state index contributed by atoms with van der Waals surface area (Å²) in [5.41, 5.74) is 1.13. The van der Waals surface area contributed by atoms with E-state index in [4.69, 9.17) is 0 Å². The number of benzene rings is 1. The van der Waals surface area contributed by atoms with E-state index in [1.54, 1.807) is 6.26 Å². The first-order chi connectivity index (χ1) is 8.56. The van der Waals surface area contributed by atoms with E-state index in [9.17, 15) is 8.60 Å². The van der Waals surface area contributed by atoms with Crippen molar-refractivity contribution in [3.8, 4) is 0 Å². The van der Waals surface area contributed by atoms with Crippen LogP contribution in [0, 0.1) is 11.7 Å². The summed E-state index contributed by atoms with van der Waals surface area (Å²) in [5.74, 6) is 1.10. The van der Waals surface area contributed by atoms with Gasteiger partial charge in [-0.2, -0.15) is 0 Å². The summed E-state index contributed by atoms with van der Waals surface area (Å²) >= 11 is 0. The highest BCUT2D eigenvalue weighted by molar-refractivity contribution is 7.84. The lowest BCUT2D eigenvalue weighted by molar-refractivity contribution is 0.437. The predicted octanol–water partition coefficient (Wildman–Crippen LogP) is 2.63. The molecule has 1 N–H and O–H groups in total. The lowest BCUT2D eigenvalue weighted by atomic mass is 10.0. The van der Waals surface area contributed by atoms with Gasteiger partial charge in [-0.05, 0) is 43.4 Å². The van der Waals surface area contributed by atoms with Crippen molar-refractivity contribution < 1.29 is 8.60 Å². The van der Waals surface area contributed by atoms with Crippen molar-refractivity contribution in [1.82, 2.24) is 5.32 Å². The molecule has 3 atom stereocenters. The van der Waals surface area contributed by atoms with Gasteiger partial charge in [0.1, 0.15) is 5.82 Å². The van der Waals surface area contributed by atoms with Gasteiger partial charge in [-0.1, -0.05) is 12.1 Å². The van der Waals surface area contributed by atoms with Crippen LogP contribution in [0.2, 0.25) is 0 Å². The Morgan fingerprint density at radius 2 is 2.00 bits per heavy atom. The molecule has 0 bridgehead atoms. The molecule has 1 saturated carbocycles. The van der Waals surface area contributed by atoms with E-state index in [2.05, 4.69) is 12.2 Å². The first-order valence-corrected chi connectivity index (χ1v) is 8.10. The summed E-state index contributed by atoms with van der Waals surface area (Å²) in [7, 11) is -0.787. The Hall–Kier alpha value is -0.740. The zero-order valence-electron chi connectivity index (χ0n) is 10.9. The van der Waals surface area contributed by atoms with Crippen LogP contribution in [0.5, 0.6) is 0 Å². The highest BCUT2D eigenvalue weighted by Crippen LogP contribution is 2.41. The van der Waals surface area contributed by atoms with E-state index in [1.807, 2.05) is 12.1 Å². The Morgan fingerprint density at radius 1 is 1.39 bits per heavy atom. The molecule has 1 fully saturated rings. The molecule has 0 radical (unpaired) electrons. The van der Waals surface area contributed by atoms with Gasteiger partial charge in [0.2, 0.25) is 0 Å². The van der Waals surface area contributed by atoms with Crippen LogP contribution in [0.3, 0.4) is 0 Å². The Labute approximate surface area is 110 Å². The van der Waals surface area contributed by atoms with Crippen molar-refractivity contribution in [3.63, 3.8) is 0 Å². The van der Waals surface area contributed by atoms with Gasteiger partial charge < -0.3 is 5.32 Å². The van der Waals surface area contributed by atoms with E-state index < -0.39 is 10.8 Å². The minimum absolute atomic E-state index is 0.198. The van der Waals surface area contributed by atoms with Crippen molar-refractivity contribution in [3.05, 3.63) is 35.6 Å². The maximum Gasteiger partial charge on any atom is 0.123 e. The smallest absolute Gasteiger partial charge is 0.123 e. The van der Waals surface area contributed by atoms with Crippen LogP contribution < -0.4 is 5.32 Å². The van der Waals surface area contributed by atoms with Crippen molar-refractivity contribution in [2.75, 3.05) is 12.0 Å². The van der Waals surface area contributed by atoms with Crippen LogP contribution in [0.4, 0.5) is 4.39 Å². The van der Waals surface area contributed by atoms with E-state index >= 15 is 0 Å². The van der Waals surface area contributed by atoms with Crippen LogP contribution in [0.15, 0.2) is 24.3 Å². The molecule has 0 aliphatic heterocycles. The monoisotopic (exact) mass is 269 g/mol. The van der Waals surface area contributed by atoms with Crippen LogP contribution in [0.25, 0.3) is 0 Å². The van der Waals surface area contributed by atoms with Gasteiger partial charge in [0.15, 0.2) is 0 Å². The average molecular weight is 269 g/mol. The first-order valence-electron chi connectivity index (χ1n) is 6.38. The van der Waals surface area contributed by atoms with Gasteiger partial charge in [-0.3, -0.25) is 4.21 Å². The number of hydrogen-bond donors (Lipinski definition) is 1. The summed E-state index contributed by atoms with van der Waals surface area (Å²) < 4.78 is 24.2. The van der Waals surface area contributed by atoms with Crippen LogP contribution in [0.1, 0.15) is 31.4 Å². The highest BCUT2D eigenvalue weighted by Gasteiger charge is 2.32. The molecular formula is C14H20FNOS. The molecule has 3 unspecified atom stereocenters. The van der Waals surface area contributed by atoms with E-state index in [1.165, 1.54) is 25.0 Å². The van der Waals surface area contributed by atoms with Gasteiger partial charge >= 0.3 is 0 Å². The maximum atomic E-state index is 12.9. The zero-order chi connectivity index (χ0) is 13.1. The van der Waals surface area contributed by atoms with Crippen molar-refractivity contribution in [1.29, 1.82) is 0 Å². The molecule has 1 aliphatic carbocycles. The van der Waals surface area contributed by atoms with E-state index in [0.29, 0.717) is 11.7 Å². The second kappa shape index (κ2) is 5.93. The summed E-state index contributed by atoms with van der Waals surface area (Å²) in [5, 5.41) is 3.53. The maximum absolute atomic E-state index is 12.9. The third-order valence-corrected chi connectivity index (χ3v) is 4.24. The van der Waals surface area contributed by atoms with Crippen LogP contribution in [-0.4, -0.2) is 22.3 Å². The molecule has 0 aromatic heterocycles. The first kappa shape index (κ1) is 13.7. The third kappa shape index (κ3) is 3.89. The fourth-order valence-corrected chi connectivity index (χ4v) is 3.11. The summed E-state index contributed by atoms with van der Waals surface area (Å²) in [6.07, 6.45) is 4.16. The van der Waals surface area contributed by atoms with Gasteiger partial charge in [0.05, 0.1) is 0 Å². The Bertz CT molecular complexity index is 416. The quantitative estimate of drug-likeness (QED) is 0.860. The molecule has 1 aliphatic rings. The lowest BCUT2D eigenvalue weighted by Gasteiger charge is -2.23. The fourth-order valence-electron chi connectivity index (χ4n) is 2.31. The second-order valence-corrected chi connectivity index (χ2v) is 6.65. The number of nitrogens with one attached hydrogen (secondary N) is 1. The fraction of sp³-hybridized carbons (Fsp3) is 0.571. The summed E-state index contributed by atoms with van der Waals surface area (Å²) in [4.78, 5) is 0. The molecule has 0 heterocycles. The lowest BCUT2D eigenvalue weighted by Crippen LogP contribution is -2.35. The van der Waals surface area contributed by atoms with Crippen molar-refractivity contribution in [2.24, 2.45) is 5.92 Å². The normalized spacial score (nSPS) is 20.4. The molecule has 1 aromatic rings. The number of halogens is 1. The Balaban J connectivity index is 2.04. The molecule has 4 heteroatoms. The van der Waals surface area contributed by atoms with E-state index in [-0.39, 0.29) is 17.9 Å². The number of hydrogen-bond acceptors (Lipinski definition) is 2. The molecule has 0 amide bonds. The van der Waals surface area contributed by atoms with Crippen LogP contribution >= 0.6 is 0 Å². The molecule has 1 aromatic carbocycles.